The average Bonchev–Trinajstić information content (AvgIpc) is 2.67. The predicted molar refractivity (Wildman–Crippen MR) is 100 cm³/mol. The Hall–Kier alpha value is -2.83. The molecule has 0 aliphatic rings. The number of nitrogens with zero attached hydrogens (tertiary/aromatic N) is 1. The lowest BCUT2D eigenvalue weighted by Crippen LogP contribution is -2.26. The summed E-state index contributed by atoms with van der Waals surface area (Å²) in [6.45, 7) is 2.59. The van der Waals surface area contributed by atoms with E-state index in [1.54, 1.807) is 11.8 Å². The molecule has 0 saturated heterocycles. The number of halogens is 3. The van der Waals surface area contributed by atoms with Crippen molar-refractivity contribution in [2.45, 2.75) is 32.5 Å². The average molecular weight is 393 g/mol. The number of ether oxygens (including phenoxy) is 1. The number of hydrogen-bond acceptors (Lipinski definition) is 4. The summed E-state index contributed by atoms with van der Waals surface area (Å²) in [6, 6.07) is 12.3. The van der Waals surface area contributed by atoms with Gasteiger partial charge in [0.2, 0.25) is 0 Å². The molecule has 2 rings (SSSR count). The zero-order valence-corrected chi connectivity index (χ0v) is 15.5. The van der Waals surface area contributed by atoms with Crippen LogP contribution >= 0.6 is 0 Å². The summed E-state index contributed by atoms with van der Waals surface area (Å²) in [4.78, 5) is 24.7. The van der Waals surface area contributed by atoms with Gasteiger partial charge in [0, 0.05) is 30.8 Å². The Morgan fingerprint density at radius 2 is 1.86 bits per heavy atom. The van der Waals surface area contributed by atoms with Crippen molar-refractivity contribution in [1.82, 2.24) is 0 Å². The van der Waals surface area contributed by atoms with Gasteiger partial charge in [-0.05, 0) is 37.1 Å². The minimum atomic E-state index is -4.51. The number of anilines is 1. The molecule has 0 atom stereocenters. The highest BCUT2D eigenvalue weighted by molar-refractivity contribution is 5.85. The molecule has 0 unspecified atom stereocenters. The zero-order valence-electron chi connectivity index (χ0n) is 15.5. The summed E-state index contributed by atoms with van der Waals surface area (Å²) >= 11 is 0. The molecule has 0 N–H and O–H groups in total. The number of alkyl halides is 3. The molecule has 0 fully saturated rings. The van der Waals surface area contributed by atoms with Crippen LogP contribution in [0.25, 0.3) is 0 Å². The van der Waals surface area contributed by atoms with Gasteiger partial charge >= 0.3 is 12.1 Å². The van der Waals surface area contributed by atoms with Gasteiger partial charge in [-0.25, -0.2) is 0 Å². The number of carbonyl (C=O) groups is 2. The van der Waals surface area contributed by atoms with E-state index in [9.17, 15) is 22.8 Å². The van der Waals surface area contributed by atoms with Crippen LogP contribution in [0.4, 0.5) is 18.9 Å². The van der Waals surface area contributed by atoms with E-state index >= 15 is 0 Å². The highest BCUT2D eigenvalue weighted by Gasteiger charge is 2.31. The molecule has 0 aliphatic carbocycles. The third-order valence-corrected chi connectivity index (χ3v) is 4.16. The summed E-state index contributed by atoms with van der Waals surface area (Å²) in [6.07, 6.45) is -3.44. The molecule has 2 aromatic carbocycles. The van der Waals surface area contributed by atoms with E-state index in [-0.39, 0.29) is 30.2 Å². The third kappa shape index (κ3) is 6.11. The molecular weight excluding hydrogens is 371 g/mol. The van der Waals surface area contributed by atoms with Gasteiger partial charge in [-0.2, -0.15) is 13.2 Å². The van der Waals surface area contributed by atoms with Crippen molar-refractivity contribution in [1.29, 1.82) is 0 Å². The van der Waals surface area contributed by atoms with Crippen LogP contribution in [-0.4, -0.2) is 25.4 Å². The molecular formula is C21H22F3NO3. The second-order valence-electron chi connectivity index (χ2n) is 6.20. The molecule has 0 amide bonds. The lowest BCUT2D eigenvalue weighted by atomic mass is 10.1. The van der Waals surface area contributed by atoms with Crippen LogP contribution in [0.3, 0.4) is 0 Å². The molecule has 0 heterocycles. The molecule has 0 bridgehead atoms. The molecule has 0 spiro atoms. The van der Waals surface area contributed by atoms with Crippen LogP contribution < -0.4 is 4.90 Å². The fourth-order valence-corrected chi connectivity index (χ4v) is 2.83. The van der Waals surface area contributed by atoms with E-state index in [1.807, 2.05) is 30.3 Å². The first-order valence-electron chi connectivity index (χ1n) is 8.96. The zero-order chi connectivity index (χ0) is 20.6. The van der Waals surface area contributed by atoms with Crippen LogP contribution in [-0.2, 0) is 22.3 Å². The van der Waals surface area contributed by atoms with Gasteiger partial charge in [0.25, 0.3) is 0 Å². The first-order chi connectivity index (χ1) is 13.3. The molecule has 4 nitrogen and oxygen atoms in total. The van der Waals surface area contributed by atoms with Gasteiger partial charge in [-0.1, -0.05) is 30.3 Å². The van der Waals surface area contributed by atoms with Crippen LogP contribution in [0.5, 0.6) is 0 Å². The van der Waals surface area contributed by atoms with Gasteiger partial charge in [-0.3, -0.25) is 9.59 Å². The Morgan fingerprint density at radius 3 is 2.46 bits per heavy atom. The summed E-state index contributed by atoms with van der Waals surface area (Å²) in [5.41, 5.74) is 0.419. The van der Waals surface area contributed by atoms with E-state index in [0.29, 0.717) is 25.8 Å². The maximum atomic E-state index is 13.2. The van der Waals surface area contributed by atoms with Crippen molar-refractivity contribution in [3.8, 4) is 0 Å². The molecule has 2 aromatic rings. The van der Waals surface area contributed by atoms with Crippen LogP contribution in [0.15, 0.2) is 48.5 Å². The monoisotopic (exact) mass is 393 g/mol. The van der Waals surface area contributed by atoms with E-state index in [4.69, 9.17) is 4.74 Å². The van der Waals surface area contributed by atoms with Crippen molar-refractivity contribution in [3.63, 3.8) is 0 Å². The summed E-state index contributed by atoms with van der Waals surface area (Å²) < 4.78 is 44.4. The Labute approximate surface area is 161 Å². The highest BCUT2D eigenvalue weighted by atomic mass is 19.4. The fourth-order valence-electron chi connectivity index (χ4n) is 2.83. The Bertz CT molecular complexity index is 791. The highest BCUT2D eigenvalue weighted by Crippen LogP contribution is 2.33. The first-order valence-corrected chi connectivity index (χ1v) is 8.96. The lowest BCUT2D eigenvalue weighted by Gasteiger charge is -2.27. The fraction of sp³-hybridized carbons (Fsp3) is 0.333. The van der Waals surface area contributed by atoms with E-state index in [2.05, 4.69) is 0 Å². The Balaban J connectivity index is 2.31. The molecule has 0 aliphatic heterocycles. The van der Waals surface area contributed by atoms with Gasteiger partial charge in [-0.15, -0.1) is 0 Å². The maximum Gasteiger partial charge on any atom is 0.416 e. The molecule has 7 heteroatoms. The van der Waals surface area contributed by atoms with Crippen molar-refractivity contribution in [2.75, 3.05) is 18.1 Å². The minimum absolute atomic E-state index is 0.147. The van der Waals surface area contributed by atoms with Crippen LogP contribution in [0, 0.1) is 0 Å². The minimum Gasteiger partial charge on any atom is -0.466 e. The molecule has 0 aromatic heterocycles. The Kier molecular flexibility index (Phi) is 7.61. The van der Waals surface area contributed by atoms with Crippen molar-refractivity contribution >= 4 is 17.9 Å². The molecule has 0 saturated carbocycles. The van der Waals surface area contributed by atoms with E-state index < -0.39 is 11.7 Å². The smallest absolute Gasteiger partial charge is 0.416 e. The van der Waals surface area contributed by atoms with Crippen molar-refractivity contribution in [2.24, 2.45) is 0 Å². The second kappa shape index (κ2) is 9.92. The van der Waals surface area contributed by atoms with Crippen molar-refractivity contribution < 1.29 is 27.5 Å². The number of hydrogen-bond donors (Lipinski definition) is 0. The second-order valence-corrected chi connectivity index (χ2v) is 6.20. The van der Waals surface area contributed by atoms with Gasteiger partial charge in [0.1, 0.15) is 0 Å². The summed E-state index contributed by atoms with van der Waals surface area (Å²) in [5, 5.41) is 0. The quantitative estimate of drug-likeness (QED) is 0.451. The maximum absolute atomic E-state index is 13.2. The number of rotatable bonds is 9. The van der Waals surface area contributed by atoms with Gasteiger partial charge < -0.3 is 9.64 Å². The summed E-state index contributed by atoms with van der Waals surface area (Å²) in [7, 11) is 0. The molecule has 0 radical (unpaired) electrons. The predicted octanol–water partition coefficient (Wildman–Crippen LogP) is 4.87. The normalized spacial score (nSPS) is 11.1. The summed E-state index contributed by atoms with van der Waals surface area (Å²) in [5.74, 6) is -0.359. The number of aldehydes is 1. The topological polar surface area (TPSA) is 46.6 Å². The number of benzene rings is 2. The van der Waals surface area contributed by atoms with E-state index in [1.165, 1.54) is 6.07 Å². The van der Waals surface area contributed by atoms with E-state index in [0.717, 1.165) is 17.7 Å². The SMILES string of the molecule is CCOC(=O)CCCN(Cc1ccccc1)c1cc(C(F)(F)F)ccc1C=O. The van der Waals surface area contributed by atoms with Gasteiger partial charge in [0.15, 0.2) is 6.29 Å². The molecule has 28 heavy (non-hydrogen) atoms. The molecule has 150 valence electrons. The largest absolute Gasteiger partial charge is 0.466 e. The number of carbonyl (C=O) groups excluding carboxylic acids is 2. The number of esters is 1. The van der Waals surface area contributed by atoms with Crippen LogP contribution in [0.2, 0.25) is 0 Å². The standard InChI is InChI=1S/C21H22F3NO3/c1-2-28-20(27)9-6-12-25(14-16-7-4-3-5-8-16)19-13-18(21(22,23)24)11-10-17(19)15-26/h3-5,7-8,10-11,13,15H,2,6,9,12,14H2,1H3. The van der Waals surface area contributed by atoms with Crippen molar-refractivity contribution in [3.05, 3.63) is 65.2 Å². The Morgan fingerprint density at radius 1 is 1.14 bits per heavy atom. The van der Waals surface area contributed by atoms with Crippen LogP contribution in [0.1, 0.15) is 41.3 Å². The lowest BCUT2D eigenvalue weighted by molar-refractivity contribution is -0.143. The first kappa shape index (κ1) is 21.5. The van der Waals surface area contributed by atoms with Gasteiger partial charge in [0.05, 0.1) is 12.2 Å². The third-order valence-electron chi connectivity index (χ3n) is 4.16.